The summed E-state index contributed by atoms with van der Waals surface area (Å²) in [4.78, 5) is 20.5. The van der Waals surface area contributed by atoms with E-state index in [0.717, 1.165) is 33.6 Å². The van der Waals surface area contributed by atoms with E-state index in [2.05, 4.69) is 24.9 Å². The predicted molar refractivity (Wildman–Crippen MR) is 127 cm³/mol. The average molecular weight is 487 g/mol. The molecule has 0 aliphatic carbocycles. The van der Waals surface area contributed by atoms with E-state index < -0.39 is 5.82 Å². The molecule has 0 aliphatic rings. The summed E-state index contributed by atoms with van der Waals surface area (Å²) in [5.41, 5.74) is 4.23. The van der Waals surface area contributed by atoms with Gasteiger partial charge in [-0.1, -0.05) is 34.8 Å². The molecule has 5 aromatic rings. The van der Waals surface area contributed by atoms with Crippen LogP contribution in [-0.4, -0.2) is 24.9 Å². The van der Waals surface area contributed by atoms with Crippen molar-refractivity contribution in [1.82, 2.24) is 24.9 Å². The zero-order valence-electron chi connectivity index (χ0n) is 16.9. The molecule has 32 heavy (non-hydrogen) atoms. The minimum absolute atomic E-state index is 0.402. The van der Waals surface area contributed by atoms with Gasteiger partial charge in [0.15, 0.2) is 0 Å². The highest BCUT2D eigenvalue weighted by Gasteiger charge is 2.12. The van der Waals surface area contributed by atoms with Crippen molar-refractivity contribution in [2.75, 3.05) is 0 Å². The van der Waals surface area contributed by atoms with Gasteiger partial charge in [0.05, 0.1) is 45.4 Å². The van der Waals surface area contributed by atoms with E-state index in [9.17, 15) is 4.39 Å². The Morgan fingerprint density at radius 1 is 0.719 bits per heavy atom. The standard InChI is InChI=1S/C14H9ClFN3.C9H6Cl2N2/c1-8-13(15)11-2-3-17-7-12(11)19-14(8)9-4-10(16)6-18-5-9;1-5-8(10)6-2-3-12-4-7(6)13-9(5)11/h2-7H,1H3;2-4H,1H3. The van der Waals surface area contributed by atoms with Gasteiger partial charge < -0.3 is 0 Å². The molecular weight excluding hydrogens is 472 g/mol. The van der Waals surface area contributed by atoms with E-state index in [0.29, 0.717) is 32.0 Å². The Kier molecular flexibility index (Phi) is 6.46. The number of nitrogens with zero attached hydrogens (tertiary/aromatic N) is 5. The van der Waals surface area contributed by atoms with Gasteiger partial charge >= 0.3 is 0 Å². The normalized spacial score (nSPS) is 10.8. The van der Waals surface area contributed by atoms with Crippen LogP contribution in [0.3, 0.4) is 0 Å². The highest BCUT2D eigenvalue weighted by Crippen LogP contribution is 2.32. The van der Waals surface area contributed by atoms with Crippen molar-refractivity contribution < 1.29 is 4.39 Å². The summed E-state index contributed by atoms with van der Waals surface area (Å²) < 4.78 is 13.3. The largest absolute Gasteiger partial charge is 0.262 e. The Morgan fingerprint density at radius 3 is 1.94 bits per heavy atom. The van der Waals surface area contributed by atoms with E-state index in [1.807, 2.05) is 26.0 Å². The number of fused-ring (bicyclic) bond motifs is 2. The molecule has 160 valence electrons. The SMILES string of the molecule is Cc1c(-c2cncc(F)c2)nc2cnccc2c1Cl.Cc1c(Cl)nc2cnccc2c1Cl. The molecule has 0 saturated carbocycles. The van der Waals surface area contributed by atoms with Gasteiger partial charge in [0.25, 0.3) is 0 Å². The molecule has 0 aliphatic heterocycles. The highest BCUT2D eigenvalue weighted by molar-refractivity contribution is 6.39. The summed E-state index contributed by atoms with van der Waals surface area (Å²) in [7, 11) is 0. The molecule has 0 aromatic carbocycles. The number of aromatic nitrogens is 5. The third kappa shape index (κ3) is 4.35. The summed E-state index contributed by atoms with van der Waals surface area (Å²) in [5.74, 6) is -0.402. The van der Waals surface area contributed by atoms with E-state index in [1.165, 1.54) is 6.07 Å². The highest BCUT2D eigenvalue weighted by atomic mass is 35.5. The fraction of sp³-hybridized carbons (Fsp3) is 0.0870. The zero-order chi connectivity index (χ0) is 22.8. The molecule has 0 bridgehead atoms. The quantitative estimate of drug-likeness (QED) is 0.238. The first-order valence-electron chi connectivity index (χ1n) is 9.43. The lowest BCUT2D eigenvalue weighted by Crippen LogP contribution is -1.94. The van der Waals surface area contributed by atoms with E-state index in [1.54, 1.807) is 31.0 Å². The predicted octanol–water partition coefficient (Wildman–Crippen LogP) is 7.04. The summed E-state index contributed by atoms with van der Waals surface area (Å²) in [6, 6.07) is 5.03. The van der Waals surface area contributed by atoms with Crippen LogP contribution in [0.4, 0.5) is 4.39 Å². The van der Waals surface area contributed by atoms with Crippen LogP contribution < -0.4 is 0 Å². The van der Waals surface area contributed by atoms with Crippen LogP contribution in [0.1, 0.15) is 11.1 Å². The number of rotatable bonds is 1. The van der Waals surface area contributed by atoms with Crippen LogP contribution in [0.5, 0.6) is 0 Å². The minimum atomic E-state index is -0.402. The Morgan fingerprint density at radius 2 is 1.31 bits per heavy atom. The molecule has 0 radical (unpaired) electrons. The van der Waals surface area contributed by atoms with Crippen molar-refractivity contribution in [3.8, 4) is 11.3 Å². The van der Waals surface area contributed by atoms with Crippen molar-refractivity contribution in [2.45, 2.75) is 13.8 Å². The van der Waals surface area contributed by atoms with Gasteiger partial charge in [0, 0.05) is 40.5 Å². The van der Waals surface area contributed by atoms with E-state index in [-0.39, 0.29) is 0 Å². The van der Waals surface area contributed by atoms with E-state index >= 15 is 0 Å². The van der Waals surface area contributed by atoms with Gasteiger partial charge in [-0.15, -0.1) is 0 Å². The number of pyridine rings is 5. The molecular formula is C23H15Cl3FN5. The molecule has 5 heterocycles. The topological polar surface area (TPSA) is 64.5 Å². The van der Waals surface area contributed by atoms with Crippen molar-refractivity contribution in [3.63, 3.8) is 0 Å². The second-order valence-corrected chi connectivity index (χ2v) is 8.03. The molecule has 0 saturated heterocycles. The number of halogens is 4. The minimum Gasteiger partial charge on any atom is -0.262 e. The molecule has 0 spiro atoms. The fourth-order valence-corrected chi connectivity index (χ4v) is 3.87. The molecule has 5 aromatic heterocycles. The van der Waals surface area contributed by atoms with Gasteiger partial charge in [-0.3, -0.25) is 15.0 Å². The maximum absolute atomic E-state index is 13.3. The molecule has 0 fully saturated rings. The lowest BCUT2D eigenvalue weighted by Gasteiger charge is -2.09. The summed E-state index contributed by atoms with van der Waals surface area (Å²) in [5, 5.41) is 3.41. The molecule has 0 amide bonds. The first-order valence-corrected chi connectivity index (χ1v) is 10.6. The van der Waals surface area contributed by atoms with Crippen LogP contribution in [0.15, 0.2) is 55.4 Å². The smallest absolute Gasteiger partial charge is 0.142 e. The van der Waals surface area contributed by atoms with Crippen LogP contribution in [0, 0.1) is 19.7 Å². The van der Waals surface area contributed by atoms with Gasteiger partial charge in [-0.2, -0.15) is 0 Å². The molecule has 0 atom stereocenters. The number of hydrogen-bond donors (Lipinski definition) is 0. The maximum Gasteiger partial charge on any atom is 0.142 e. The van der Waals surface area contributed by atoms with Crippen LogP contribution in [0.25, 0.3) is 33.1 Å². The molecule has 0 unspecified atom stereocenters. The summed E-state index contributed by atoms with van der Waals surface area (Å²) >= 11 is 18.3. The van der Waals surface area contributed by atoms with Gasteiger partial charge in [0.2, 0.25) is 0 Å². The Labute approximate surface area is 198 Å². The molecule has 9 heteroatoms. The molecule has 5 rings (SSSR count). The van der Waals surface area contributed by atoms with Crippen LogP contribution in [0.2, 0.25) is 15.2 Å². The van der Waals surface area contributed by atoms with E-state index in [4.69, 9.17) is 34.8 Å². The summed E-state index contributed by atoms with van der Waals surface area (Å²) in [6.07, 6.45) is 9.35. The monoisotopic (exact) mass is 485 g/mol. The Balaban J connectivity index is 0.000000165. The Hall–Kier alpha value is -2.93. The first kappa shape index (κ1) is 22.3. The Bertz CT molecular complexity index is 1460. The first-order chi connectivity index (χ1) is 15.4. The van der Waals surface area contributed by atoms with Gasteiger partial charge in [-0.05, 0) is 37.6 Å². The van der Waals surface area contributed by atoms with Crippen molar-refractivity contribution in [3.05, 3.63) is 87.5 Å². The van der Waals surface area contributed by atoms with Crippen molar-refractivity contribution >= 4 is 56.6 Å². The second-order valence-electron chi connectivity index (χ2n) is 6.92. The number of hydrogen-bond acceptors (Lipinski definition) is 5. The lowest BCUT2D eigenvalue weighted by atomic mass is 10.1. The maximum atomic E-state index is 13.3. The lowest BCUT2D eigenvalue weighted by molar-refractivity contribution is 0.622. The fourth-order valence-electron chi connectivity index (χ4n) is 3.14. The third-order valence-electron chi connectivity index (χ3n) is 4.83. The van der Waals surface area contributed by atoms with Crippen LogP contribution in [-0.2, 0) is 0 Å². The summed E-state index contributed by atoms with van der Waals surface area (Å²) in [6.45, 7) is 3.70. The van der Waals surface area contributed by atoms with Crippen molar-refractivity contribution in [2.24, 2.45) is 0 Å². The van der Waals surface area contributed by atoms with Gasteiger partial charge in [0.1, 0.15) is 11.0 Å². The van der Waals surface area contributed by atoms with Crippen molar-refractivity contribution in [1.29, 1.82) is 0 Å². The second kappa shape index (κ2) is 9.28. The average Bonchev–Trinajstić information content (AvgIpc) is 2.80. The molecule has 5 nitrogen and oxygen atoms in total. The molecule has 0 N–H and O–H groups in total. The van der Waals surface area contributed by atoms with Crippen LogP contribution >= 0.6 is 34.8 Å². The third-order valence-corrected chi connectivity index (χ3v) is 6.17. The zero-order valence-corrected chi connectivity index (χ0v) is 19.2. The van der Waals surface area contributed by atoms with Gasteiger partial charge in [-0.25, -0.2) is 14.4 Å².